The highest BCUT2D eigenvalue weighted by atomic mass is 19.2. The van der Waals surface area contributed by atoms with Crippen molar-refractivity contribution in [3.63, 3.8) is 0 Å². The number of hydrogen-bond donors (Lipinski definition) is 1. The number of aliphatic hydroxyl groups is 1. The van der Waals surface area contributed by atoms with Crippen molar-refractivity contribution in [3.05, 3.63) is 65.2 Å². The Balaban J connectivity index is 2.15. The van der Waals surface area contributed by atoms with E-state index in [2.05, 4.69) is 0 Å². The van der Waals surface area contributed by atoms with Crippen LogP contribution in [0.1, 0.15) is 17.2 Å². The van der Waals surface area contributed by atoms with Crippen LogP contribution in [0, 0.1) is 11.6 Å². The van der Waals surface area contributed by atoms with Gasteiger partial charge in [-0.25, -0.2) is 8.78 Å². The van der Waals surface area contributed by atoms with Crippen molar-refractivity contribution in [1.29, 1.82) is 0 Å². The van der Waals surface area contributed by atoms with Crippen LogP contribution in [0.5, 0.6) is 5.75 Å². The Labute approximate surface area is 110 Å². The summed E-state index contributed by atoms with van der Waals surface area (Å²) >= 11 is 0. The third kappa shape index (κ3) is 3.09. The molecule has 0 heterocycles. The molecule has 1 unspecified atom stereocenters. The molecule has 0 aliphatic heterocycles. The van der Waals surface area contributed by atoms with Crippen molar-refractivity contribution >= 4 is 0 Å². The molecule has 0 aromatic heterocycles. The molecular formula is C15H14F2O2. The Bertz CT molecular complexity index is 553. The third-order valence-corrected chi connectivity index (χ3v) is 2.95. The molecule has 100 valence electrons. The highest BCUT2D eigenvalue weighted by Crippen LogP contribution is 2.23. The molecule has 2 nitrogen and oxygen atoms in total. The zero-order valence-electron chi connectivity index (χ0n) is 10.4. The van der Waals surface area contributed by atoms with Gasteiger partial charge in [-0.3, -0.25) is 0 Å². The van der Waals surface area contributed by atoms with Crippen LogP contribution in [0.4, 0.5) is 8.78 Å². The average molecular weight is 264 g/mol. The highest BCUT2D eigenvalue weighted by molar-refractivity contribution is 5.30. The molecule has 0 amide bonds. The largest absolute Gasteiger partial charge is 0.497 e. The van der Waals surface area contributed by atoms with E-state index in [-0.39, 0.29) is 12.0 Å². The van der Waals surface area contributed by atoms with Gasteiger partial charge in [-0.15, -0.1) is 0 Å². The van der Waals surface area contributed by atoms with Crippen LogP contribution in [-0.2, 0) is 6.42 Å². The van der Waals surface area contributed by atoms with E-state index in [9.17, 15) is 13.9 Å². The standard InChI is InChI=1S/C15H14F2O2/c1-19-12-7-5-10(6-8-12)14(18)9-11-3-2-4-13(16)15(11)17/h2-8,14,18H,9H2,1H3. The maximum Gasteiger partial charge on any atom is 0.162 e. The number of methoxy groups -OCH3 is 1. The lowest BCUT2D eigenvalue weighted by atomic mass is 10.0. The molecule has 19 heavy (non-hydrogen) atoms. The Morgan fingerprint density at radius 3 is 2.42 bits per heavy atom. The van der Waals surface area contributed by atoms with Crippen LogP contribution in [0.25, 0.3) is 0 Å². The minimum absolute atomic E-state index is 0.0237. The van der Waals surface area contributed by atoms with Gasteiger partial charge in [0.1, 0.15) is 5.75 Å². The normalized spacial score (nSPS) is 12.2. The van der Waals surface area contributed by atoms with Gasteiger partial charge in [0, 0.05) is 6.42 Å². The molecule has 0 aliphatic rings. The molecule has 0 aliphatic carbocycles. The molecule has 0 spiro atoms. The van der Waals surface area contributed by atoms with E-state index in [1.165, 1.54) is 12.1 Å². The van der Waals surface area contributed by atoms with Crippen LogP contribution in [0.2, 0.25) is 0 Å². The van der Waals surface area contributed by atoms with Gasteiger partial charge in [-0.1, -0.05) is 24.3 Å². The van der Waals surface area contributed by atoms with E-state index in [4.69, 9.17) is 4.74 Å². The predicted molar refractivity (Wildman–Crippen MR) is 68.0 cm³/mol. The van der Waals surface area contributed by atoms with Crippen molar-refractivity contribution in [1.82, 2.24) is 0 Å². The number of hydrogen-bond acceptors (Lipinski definition) is 2. The predicted octanol–water partition coefficient (Wildman–Crippen LogP) is 3.25. The van der Waals surface area contributed by atoms with Crippen molar-refractivity contribution in [2.75, 3.05) is 7.11 Å². The van der Waals surface area contributed by atoms with Gasteiger partial charge in [0.15, 0.2) is 11.6 Å². The van der Waals surface area contributed by atoms with E-state index >= 15 is 0 Å². The van der Waals surface area contributed by atoms with Crippen LogP contribution < -0.4 is 4.74 Å². The summed E-state index contributed by atoms with van der Waals surface area (Å²) in [6, 6.07) is 10.8. The first-order valence-corrected chi connectivity index (χ1v) is 5.86. The summed E-state index contributed by atoms with van der Waals surface area (Å²) in [4.78, 5) is 0. The summed E-state index contributed by atoms with van der Waals surface area (Å²) in [6.07, 6.45) is -0.863. The molecule has 1 N–H and O–H groups in total. The van der Waals surface area contributed by atoms with Crippen molar-refractivity contribution in [3.8, 4) is 5.75 Å². The first-order valence-electron chi connectivity index (χ1n) is 5.86. The number of aliphatic hydroxyl groups excluding tert-OH is 1. The molecule has 4 heteroatoms. The lowest BCUT2D eigenvalue weighted by Crippen LogP contribution is -2.04. The lowest BCUT2D eigenvalue weighted by molar-refractivity contribution is 0.176. The summed E-state index contributed by atoms with van der Waals surface area (Å²) in [5.41, 5.74) is 0.785. The second kappa shape index (κ2) is 5.80. The zero-order valence-corrected chi connectivity index (χ0v) is 10.4. The number of benzene rings is 2. The minimum atomic E-state index is -0.907. The Morgan fingerprint density at radius 1 is 1.11 bits per heavy atom. The van der Waals surface area contributed by atoms with Gasteiger partial charge in [0.25, 0.3) is 0 Å². The first kappa shape index (κ1) is 13.5. The Kier molecular flexibility index (Phi) is 4.12. The molecule has 0 saturated carbocycles. The second-order valence-electron chi connectivity index (χ2n) is 4.21. The number of ether oxygens (including phenoxy) is 1. The zero-order chi connectivity index (χ0) is 13.8. The van der Waals surface area contributed by atoms with Crippen LogP contribution in [0.3, 0.4) is 0 Å². The maximum atomic E-state index is 13.5. The van der Waals surface area contributed by atoms with Crippen LogP contribution in [-0.4, -0.2) is 12.2 Å². The monoisotopic (exact) mass is 264 g/mol. The van der Waals surface area contributed by atoms with Gasteiger partial charge < -0.3 is 9.84 Å². The molecular weight excluding hydrogens is 250 g/mol. The van der Waals surface area contributed by atoms with E-state index in [0.717, 1.165) is 6.07 Å². The Hall–Kier alpha value is -1.94. The fourth-order valence-corrected chi connectivity index (χ4v) is 1.86. The van der Waals surface area contributed by atoms with Crippen LogP contribution >= 0.6 is 0 Å². The number of halogens is 2. The van der Waals surface area contributed by atoms with Gasteiger partial charge >= 0.3 is 0 Å². The van der Waals surface area contributed by atoms with Crippen molar-refractivity contribution in [2.45, 2.75) is 12.5 Å². The molecule has 2 aromatic carbocycles. The third-order valence-electron chi connectivity index (χ3n) is 2.95. The molecule has 1 atom stereocenters. The average Bonchev–Trinajstić information content (AvgIpc) is 2.44. The number of rotatable bonds is 4. The summed E-state index contributed by atoms with van der Waals surface area (Å²) in [6.45, 7) is 0. The summed E-state index contributed by atoms with van der Waals surface area (Å²) < 4.78 is 31.6. The smallest absolute Gasteiger partial charge is 0.162 e. The minimum Gasteiger partial charge on any atom is -0.497 e. The molecule has 0 fully saturated rings. The summed E-state index contributed by atoms with van der Waals surface area (Å²) in [7, 11) is 1.55. The second-order valence-corrected chi connectivity index (χ2v) is 4.21. The van der Waals surface area contributed by atoms with Gasteiger partial charge in [-0.2, -0.15) is 0 Å². The van der Waals surface area contributed by atoms with E-state index in [0.29, 0.717) is 11.3 Å². The van der Waals surface area contributed by atoms with Crippen LogP contribution in [0.15, 0.2) is 42.5 Å². The lowest BCUT2D eigenvalue weighted by Gasteiger charge is -2.12. The fraction of sp³-hybridized carbons (Fsp3) is 0.200. The SMILES string of the molecule is COc1ccc(C(O)Cc2cccc(F)c2F)cc1. The van der Waals surface area contributed by atoms with Gasteiger partial charge in [0.2, 0.25) is 0 Å². The first-order chi connectivity index (χ1) is 9.11. The van der Waals surface area contributed by atoms with E-state index in [1.807, 2.05) is 0 Å². The molecule has 2 aromatic rings. The summed E-state index contributed by atoms with van der Waals surface area (Å²) in [5.74, 6) is -1.14. The van der Waals surface area contributed by atoms with E-state index < -0.39 is 17.7 Å². The highest BCUT2D eigenvalue weighted by Gasteiger charge is 2.14. The maximum absolute atomic E-state index is 13.5. The molecule has 0 bridgehead atoms. The summed E-state index contributed by atoms with van der Waals surface area (Å²) in [5, 5.41) is 10.0. The topological polar surface area (TPSA) is 29.5 Å². The molecule has 0 radical (unpaired) electrons. The van der Waals surface area contributed by atoms with Gasteiger partial charge in [0.05, 0.1) is 13.2 Å². The van der Waals surface area contributed by atoms with Gasteiger partial charge in [-0.05, 0) is 29.3 Å². The Morgan fingerprint density at radius 2 is 1.79 bits per heavy atom. The molecule has 0 saturated heterocycles. The van der Waals surface area contributed by atoms with Crippen molar-refractivity contribution < 1.29 is 18.6 Å². The van der Waals surface area contributed by atoms with Crippen molar-refractivity contribution in [2.24, 2.45) is 0 Å². The molecule has 2 rings (SSSR count). The fourth-order valence-electron chi connectivity index (χ4n) is 1.86. The van der Waals surface area contributed by atoms with E-state index in [1.54, 1.807) is 31.4 Å². The quantitative estimate of drug-likeness (QED) is 0.918.